The zero-order chi connectivity index (χ0) is 23.7. The molecule has 3 aromatic rings. The fraction of sp³-hybridized carbons (Fsp3) is 0.458. The molecule has 1 saturated heterocycles. The number of aliphatic carboxylic acids is 1. The molecule has 3 N–H and O–H groups in total. The number of nitrogens with zero attached hydrogens (tertiary/aromatic N) is 3. The van der Waals surface area contributed by atoms with Gasteiger partial charge in [-0.05, 0) is 50.5 Å². The molecule has 0 bridgehead atoms. The fourth-order valence-corrected chi connectivity index (χ4v) is 4.46. The number of benzene rings is 1. The van der Waals surface area contributed by atoms with Crippen LogP contribution >= 0.6 is 0 Å². The van der Waals surface area contributed by atoms with Gasteiger partial charge in [-0.25, -0.2) is 4.98 Å². The molecule has 9 heteroatoms. The molecule has 2 aromatic heterocycles. The van der Waals surface area contributed by atoms with Gasteiger partial charge in [-0.1, -0.05) is 6.07 Å². The van der Waals surface area contributed by atoms with Crippen LogP contribution in [0.2, 0.25) is 0 Å². The number of nitrogens with one attached hydrogen (secondary N) is 1. The van der Waals surface area contributed by atoms with Crippen LogP contribution in [0.1, 0.15) is 36.9 Å². The summed E-state index contributed by atoms with van der Waals surface area (Å²) < 4.78 is 9.38. The van der Waals surface area contributed by atoms with E-state index in [9.17, 15) is 19.8 Å². The van der Waals surface area contributed by atoms with Crippen molar-refractivity contribution in [3.05, 3.63) is 51.9 Å². The number of aromatic nitrogens is 3. The first-order valence-electron chi connectivity index (χ1n) is 11.2. The molecular weight excluding hydrogens is 424 g/mol. The van der Waals surface area contributed by atoms with E-state index in [1.165, 1.54) is 6.92 Å². The Bertz CT molecular complexity index is 1200. The molecule has 3 heterocycles. The summed E-state index contributed by atoms with van der Waals surface area (Å²) in [6.45, 7) is 4.90. The smallest absolute Gasteiger partial charge is 0.323 e. The maximum Gasteiger partial charge on any atom is 0.323 e. The molecule has 176 valence electrons. The summed E-state index contributed by atoms with van der Waals surface area (Å²) >= 11 is 0. The Kier molecular flexibility index (Phi) is 6.64. The van der Waals surface area contributed by atoms with Crippen LogP contribution in [-0.2, 0) is 23.1 Å². The summed E-state index contributed by atoms with van der Waals surface area (Å²) in [7, 11) is 1.74. The minimum absolute atomic E-state index is 0.0352. The van der Waals surface area contributed by atoms with Crippen LogP contribution in [0, 0.1) is 6.92 Å². The van der Waals surface area contributed by atoms with Crippen molar-refractivity contribution in [3.8, 4) is 11.4 Å². The Morgan fingerprint density at radius 3 is 2.67 bits per heavy atom. The van der Waals surface area contributed by atoms with Crippen LogP contribution in [0.3, 0.4) is 0 Å². The van der Waals surface area contributed by atoms with Crippen LogP contribution in [0.25, 0.3) is 22.4 Å². The zero-order valence-electron chi connectivity index (χ0n) is 19.1. The summed E-state index contributed by atoms with van der Waals surface area (Å²) in [5.41, 5.74) is 4.17. The number of aliphatic hydroxyl groups excluding tert-OH is 1. The molecule has 1 aliphatic rings. The summed E-state index contributed by atoms with van der Waals surface area (Å²) in [6, 6.07) is 6.88. The first-order chi connectivity index (χ1) is 15.8. The van der Waals surface area contributed by atoms with Gasteiger partial charge in [-0.15, -0.1) is 0 Å². The number of hydrogen-bond donors (Lipinski definition) is 3. The average molecular weight is 455 g/mol. The molecule has 0 unspecified atom stereocenters. The quantitative estimate of drug-likeness (QED) is 0.500. The number of aryl methyl sites for hydroxylation is 2. The molecule has 4 rings (SSSR count). The van der Waals surface area contributed by atoms with Crippen LogP contribution in [-0.4, -0.2) is 55.7 Å². The Morgan fingerprint density at radius 2 is 2.03 bits per heavy atom. The number of carboxylic acid groups (broad SMARTS) is 1. The summed E-state index contributed by atoms with van der Waals surface area (Å²) in [4.78, 5) is 28.5. The second kappa shape index (κ2) is 9.46. The number of carbonyl (C=O) groups is 1. The third-order valence-electron chi connectivity index (χ3n) is 6.21. The Hall–Kier alpha value is -3.01. The summed E-state index contributed by atoms with van der Waals surface area (Å²) in [5.74, 6) is -0.293. The van der Waals surface area contributed by atoms with Gasteiger partial charge in [0.2, 0.25) is 0 Å². The van der Waals surface area contributed by atoms with Crippen molar-refractivity contribution in [1.82, 2.24) is 19.4 Å². The van der Waals surface area contributed by atoms with Crippen LogP contribution in [0.4, 0.5) is 0 Å². The van der Waals surface area contributed by atoms with E-state index in [2.05, 4.69) is 9.88 Å². The van der Waals surface area contributed by atoms with Gasteiger partial charge in [0, 0.05) is 50.2 Å². The van der Waals surface area contributed by atoms with E-state index < -0.39 is 18.1 Å². The fourth-order valence-electron chi connectivity index (χ4n) is 4.46. The standard InChI is InChI=1S/C24H30N4O5/c1-14-10-17(13-27(3)23(14)30)22-26-19-5-4-16(12-25-21(15(2)29)24(31)32)11-20(19)28(22)18-6-8-33-9-7-18/h4-5,10-11,13,15,18,21,25,29H,6-9,12H2,1-3H3,(H,31,32)/t15-,21+/m1/s1. The van der Waals surface area contributed by atoms with Gasteiger partial charge in [0.05, 0.1) is 17.1 Å². The molecule has 0 saturated carbocycles. The maximum absolute atomic E-state index is 12.2. The number of ether oxygens (including phenoxy) is 1. The summed E-state index contributed by atoms with van der Waals surface area (Å²) in [5, 5.41) is 22.0. The highest BCUT2D eigenvalue weighted by molar-refractivity contribution is 5.81. The number of rotatable bonds is 7. The second-order valence-corrected chi connectivity index (χ2v) is 8.74. The number of imidazole rings is 1. The number of pyridine rings is 1. The molecule has 9 nitrogen and oxygen atoms in total. The van der Waals surface area contributed by atoms with Crippen molar-refractivity contribution in [3.63, 3.8) is 0 Å². The molecule has 1 aromatic carbocycles. The SMILES string of the molecule is Cc1cc(-c2nc3ccc(CN[C@H](C(=O)O)[C@@H](C)O)cc3n2C2CCOCC2)cn(C)c1=O. The monoisotopic (exact) mass is 454 g/mol. The maximum atomic E-state index is 12.2. The van der Waals surface area contributed by atoms with Gasteiger partial charge in [0.15, 0.2) is 0 Å². The number of aliphatic hydroxyl groups is 1. The second-order valence-electron chi connectivity index (χ2n) is 8.74. The van der Waals surface area contributed by atoms with E-state index in [-0.39, 0.29) is 11.6 Å². The minimum Gasteiger partial charge on any atom is -0.480 e. The van der Waals surface area contributed by atoms with Gasteiger partial charge >= 0.3 is 5.97 Å². The van der Waals surface area contributed by atoms with E-state index in [1.807, 2.05) is 30.5 Å². The molecule has 1 fully saturated rings. The highest BCUT2D eigenvalue weighted by atomic mass is 16.5. The average Bonchev–Trinajstić information content (AvgIpc) is 3.16. The van der Waals surface area contributed by atoms with Crippen molar-refractivity contribution in [2.24, 2.45) is 7.05 Å². The van der Waals surface area contributed by atoms with Gasteiger partial charge in [-0.3, -0.25) is 14.9 Å². The third kappa shape index (κ3) is 4.71. The first kappa shape index (κ1) is 23.2. The van der Waals surface area contributed by atoms with E-state index in [0.717, 1.165) is 40.8 Å². The molecule has 1 aliphatic heterocycles. The predicted octanol–water partition coefficient (Wildman–Crippen LogP) is 1.99. The van der Waals surface area contributed by atoms with Gasteiger partial charge in [0.25, 0.3) is 5.56 Å². The van der Waals surface area contributed by atoms with Crippen LogP contribution < -0.4 is 10.9 Å². The molecule has 33 heavy (non-hydrogen) atoms. The summed E-state index contributed by atoms with van der Waals surface area (Å²) in [6.07, 6.45) is 2.51. The Morgan fingerprint density at radius 1 is 1.30 bits per heavy atom. The van der Waals surface area contributed by atoms with Crippen molar-refractivity contribution in [2.45, 2.75) is 51.4 Å². The van der Waals surface area contributed by atoms with E-state index in [0.29, 0.717) is 25.3 Å². The van der Waals surface area contributed by atoms with E-state index in [1.54, 1.807) is 18.5 Å². The van der Waals surface area contributed by atoms with Gasteiger partial charge in [-0.2, -0.15) is 0 Å². The van der Waals surface area contributed by atoms with E-state index >= 15 is 0 Å². The largest absolute Gasteiger partial charge is 0.480 e. The van der Waals surface area contributed by atoms with Crippen molar-refractivity contribution in [1.29, 1.82) is 0 Å². The molecule has 2 atom stereocenters. The van der Waals surface area contributed by atoms with Gasteiger partial charge < -0.3 is 24.1 Å². The lowest BCUT2D eigenvalue weighted by atomic mass is 10.1. The highest BCUT2D eigenvalue weighted by Gasteiger charge is 2.25. The normalized spacial score (nSPS) is 16.7. The minimum atomic E-state index is -1.09. The molecule has 0 aliphatic carbocycles. The lowest BCUT2D eigenvalue weighted by molar-refractivity contribution is -0.142. The molecule has 0 amide bonds. The van der Waals surface area contributed by atoms with Crippen molar-refractivity contribution < 1.29 is 19.7 Å². The van der Waals surface area contributed by atoms with Crippen molar-refractivity contribution >= 4 is 17.0 Å². The van der Waals surface area contributed by atoms with Gasteiger partial charge in [0.1, 0.15) is 11.9 Å². The molecular formula is C24H30N4O5. The number of fused-ring (bicyclic) bond motifs is 1. The molecule has 0 radical (unpaired) electrons. The predicted molar refractivity (Wildman–Crippen MR) is 124 cm³/mol. The lowest BCUT2D eigenvalue weighted by Gasteiger charge is -2.26. The van der Waals surface area contributed by atoms with E-state index in [4.69, 9.17) is 9.72 Å². The lowest BCUT2D eigenvalue weighted by Crippen LogP contribution is -2.44. The third-order valence-corrected chi connectivity index (χ3v) is 6.21. The topological polar surface area (TPSA) is 119 Å². The van der Waals surface area contributed by atoms with Crippen LogP contribution in [0.15, 0.2) is 35.3 Å². The zero-order valence-corrected chi connectivity index (χ0v) is 19.1. The highest BCUT2D eigenvalue weighted by Crippen LogP contribution is 2.33. The number of carboxylic acids is 1. The Labute approximate surface area is 191 Å². The van der Waals surface area contributed by atoms with Crippen LogP contribution in [0.5, 0.6) is 0 Å². The first-order valence-corrected chi connectivity index (χ1v) is 11.2. The number of hydrogen-bond acceptors (Lipinski definition) is 6. The molecule has 0 spiro atoms. The van der Waals surface area contributed by atoms with Crippen molar-refractivity contribution in [2.75, 3.05) is 13.2 Å². The Balaban J connectivity index is 1.79.